The molecule has 1 amide bonds. The molecule has 1 unspecified atom stereocenters. The number of hydrogen-bond donors (Lipinski definition) is 1. The van der Waals surface area contributed by atoms with Crippen LogP contribution in [0.5, 0.6) is 0 Å². The number of sulfonamides is 1. The van der Waals surface area contributed by atoms with E-state index in [4.69, 9.17) is 0 Å². The molecule has 0 saturated carbocycles. The molecule has 0 aromatic carbocycles. The van der Waals surface area contributed by atoms with Crippen molar-refractivity contribution in [1.29, 1.82) is 5.26 Å². The molecule has 2 aromatic heterocycles. The summed E-state index contributed by atoms with van der Waals surface area (Å²) in [5, 5.41) is 13.5. The second kappa shape index (κ2) is 9.53. The lowest BCUT2D eigenvalue weighted by Gasteiger charge is -2.12. The first-order chi connectivity index (χ1) is 14.0. The van der Waals surface area contributed by atoms with Gasteiger partial charge in [0.15, 0.2) is 5.82 Å². The Labute approximate surface area is 177 Å². The van der Waals surface area contributed by atoms with Crippen LogP contribution in [0.4, 0.5) is 8.78 Å². The second-order valence-corrected chi connectivity index (χ2v) is 9.81. The van der Waals surface area contributed by atoms with Crippen LogP contribution in [0.25, 0.3) is 5.82 Å². The van der Waals surface area contributed by atoms with E-state index in [2.05, 4.69) is 10.1 Å². The zero-order chi connectivity index (χ0) is 22.6. The molecule has 1 N–H and O–H groups in total. The van der Waals surface area contributed by atoms with Crippen molar-refractivity contribution < 1.29 is 22.0 Å². The van der Waals surface area contributed by atoms with E-state index >= 15 is 0 Å². The lowest BCUT2D eigenvalue weighted by atomic mass is 10.2. The highest BCUT2D eigenvalue weighted by Gasteiger charge is 2.27. The maximum absolute atomic E-state index is 13.4. The van der Waals surface area contributed by atoms with Gasteiger partial charge in [-0.15, -0.1) is 11.8 Å². The SMILES string of the molecule is CCC(C)Sc1c(C#N)c(C(F)F)nn1-c1ccc(S(=O)(=O)NC(=O)C(C)C)cn1. The number of thioether (sulfide) groups is 1. The number of halogens is 2. The van der Waals surface area contributed by atoms with E-state index in [1.165, 1.54) is 23.9 Å². The summed E-state index contributed by atoms with van der Waals surface area (Å²) >= 11 is 1.21. The Bertz CT molecular complexity index is 1060. The van der Waals surface area contributed by atoms with Crippen molar-refractivity contribution >= 4 is 27.7 Å². The molecule has 0 spiro atoms. The van der Waals surface area contributed by atoms with Crippen molar-refractivity contribution in [1.82, 2.24) is 19.5 Å². The number of nitrogens with zero attached hydrogens (tertiary/aromatic N) is 4. The number of carbonyl (C=O) groups is 1. The van der Waals surface area contributed by atoms with Crippen LogP contribution in [-0.2, 0) is 14.8 Å². The van der Waals surface area contributed by atoms with Crippen LogP contribution in [0.15, 0.2) is 28.3 Å². The summed E-state index contributed by atoms with van der Waals surface area (Å²) in [4.78, 5) is 15.4. The molecule has 0 fully saturated rings. The molecule has 2 heterocycles. The maximum atomic E-state index is 13.4. The standard InChI is InChI=1S/C18H21F2N5O3S2/c1-5-11(4)29-18-13(8-21)15(16(19)20)23-25(18)14-7-6-12(9-22-14)30(27,28)24-17(26)10(2)3/h6-7,9-11,16H,5H2,1-4H3,(H,24,26). The Morgan fingerprint density at radius 2 is 2.00 bits per heavy atom. The summed E-state index contributed by atoms with van der Waals surface area (Å²) in [7, 11) is -4.13. The largest absolute Gasteiger partial charge is 0.283 e. The van der Waals surface area contributed by atoms with Crippen molar-refractivity contribution in [2.75, 3.05) is 0 Å². The van der Waals surface area contributed by atoms with Crippen molar-refractivity contribution in [2.24, 2.45) is 5.92 Å². The van der Waals surface area contributed by atoms with Gasteiger partial charge in [-0.2, -0.15) is 10.4 Å². The van der Waals surface area contributed by atoms with Gasteiger partial charge in [-0.25, -0.2) is 31.6 Å². The third kappa shape index (κ3) is 5.14. The molecule has 0 saturated heterocycles. The zero-order valence-electron chi connectivity index (χ0n) is 16.8. The normalized spacial score (nSPS) is 12.8. The number of rotatable bonds is 8. The first-order valence-electron chi connectivity index (χ1n) is 9.02. The maximum Gasteiger partial charge on any atom is 0.283 e. The quantitative estimate of drug-likeness (QED) is 0.603. The topological polar surface area (TPSA) is 118 Å². The van der Waals surface area contributed by atoms with Crippen LogP contribution in [0.1, 0.15) is 51.8 Å². The molecule has 0 aliphatic heterocycles. The van der Waals surface area contributed by atoms with E-state index in [9.17, 15) is 27.3 Å². The minimum Gasteiger partial charge on any atom is -0.274 e. The van der Waals surface area contributed by atoms with Crippen LogP contribution < -0.4 is 4.72 Å². The van der Waals surface area contributed by atoms with Crippen molar-refractivity contribution in [3.63, 3.8) is 0 Å². The van der Waals surface area contributed by atoms with Crippen LogP contribution in [0.3, 0.4) is 0 Å². The number of pyridine rings is 1. The average molecular weight is 458 g/mol. The number of alkyl halides is 2. The van der Waals surface area contributed by atoms with E-state index < -0.39 is 34.0 Å². The molecule has 1 atom stereocenters. The Kier molecular flexibility index (Phi) is 7.54. The highest BCUT2D eigenvalue weighted by molar-refractivity contribution is 7.99. The number of hydrogen-bond acceptors (Lipinski definition) is 7. The molecular weight excluding hydrogens is 436 g/mol. The van der Waals surface area contributed by atoms with Gasteiger partial charge >= 0.3 is 0 Å². The minimum atomic E-state index is -4.13. The van der Waals surface area contributed by atoms with Crippen molar-refractivity contribution in [3.8, 4) is 11.9 Å². The summed E-state index contributed by atoms with van der Waals surface area (Å²) in [5.41, 5.74) is -0.899. The van der Waals surface area contributed by atoms with Gasteiger partial charge in [0, 0.05) is 17.4 Å². The van der Waals surface area contributed by atoms with E-state index in [-0.39, 0.29) is 26.6 Å². The smallest absolute Gasteiger partial charge is 0.274 e. The summed E-state index contributed by atoms with van der Waals surface area (Å²) in [6.45, 7) is 6.90. The van der Waals surface area contributed by atoms with Crippen molar-refractivity contribution in [2.45, 2.75) is 55.7 Å². The number of nitrogens with one attached hydrogen (secondary N) is 1. The van der Waals surface area contributed by atoms with E-state index in [0.717, 1.165) is 17.3 Å². The van der Waals surface area contributed by atoms with Gasteiger partial charge < -0.3 is 0 Å². The molecule has 0 aliphatic rings. The molecule has 0 bridgehead atoms. The lowest BCUT2D eigenvalue weighted by Crippen LogP contribution is -2.33. The molecule has 8 nitrogen and oxygen atoms in total. The fourth-order valence-electron chi connectivity index (χ4n) is 2.18. The highest BCUT2D eigenvalue weighted by Crippen LogP contribution is 2.35. The lowest BCUT2D eigenvalue weighted by molar-refractivity contribution is -0.122. The van der Waals surface area contributed by atoms with Crippen LogP contribution >= 0.6 is 11.8 Å². The van der Waals surface area contributed by atoms with E-state index in [0.29, 0.717) is 0 Å². The molecule has 30 heavy (non-hydrogen) atoms. The Morgan fingerprint density at radius 1 is 1.33 bits per heavy atom. The second-order valence-electron chi connectivity index (χ2n) is 6.70. The number of aromatic nitrogens is 3. The van der Waals surface area contributed by atoms with Gasteiger partial charge in [-0.05, 0) is 18.6 Å². The van der Waals surface area contributed by atoms with Gasteiger partial charge in [-0.1, -0.05) is 27.7 Å². The third-order valence-corrected chi connectivity index (χ3v) is 6.75. The summed E-state index contributed by atoms with van der Waals surface area (Å²) in [5.74, 6) is -1.13. The fraction of sp³-hybridized carbons (Fsp3) is 0.444. The number of carbonyl (C=O) groups excluding carboxylic acids is 1. The van der Waals surface area contributed by atoms with Crippen LogP contribution in [0.2, 0.25) is 0 Å². The Hall–Kier alpha value is -2.52. The highest BCUT2D eigenvalue weighted by atomic mass is 32.2. The van der Waals surface area contributed by atoms with Gasteiger partial charge in [0.25, 0.3) is 16.4 Å². The predicted molar refractivity (Wildman–Crippen MR) is 107 cm³/mol. The fourth-order valence-corrected chi connectivity index (χ4v) is 4.29. The summed E-state index contributed by atoms with van der Waals surface area (Å²) in [6, 6.07) is 4.24. The van der Waals surface area contributed by atoms with Gasteiger partial charge in [0.2, 0.25) is 5.91 Å². The summed E-state index contributed by atoms with van der Waals surface area (Å²) in [6.07, 6.45) is -1.23. The monoisotopic (exact) mass is 457 g/mol. The first kappa shape index (κ1) is 23.8. The van der Waals surface area contributed by atoms with E-state index in [1.54, 1.807) is 19.9 Å². The number of nitriles is 1. The molecular formula is C18H21F2N5O3S2. The molecule has 2 rings (SSSR count). The van der Waals surface area contributed by atoms with E-state index in [1.807, 2.05) is 18.6 Å². The Morgan fingerprint density at radius 3 is 2.47 bits per heavy atom. The van der Waals surface area contributed by atoms with Crippen molar-refractivity contribution in [3.05, 3.63) is 29.6 Å². The summed E-state index contributed by atoms with van der Waals surface area (Å²) < 4.78 is 54.4. The minimum absolute atomic E-state index is 0.0176. The molecule has 0 radical (unpaired) electrons. The number of amides is 1. The molecule has 2 aromatic rings. The first-order valence-corrected chi connectivity index (χ1v) is 11.4. The predicted octanol–water partition coefficient (Wildman–Crippen LogP) is 3.43. The van der Waals surface area contributed by atoms with Gasteiger partial charge in [0.05, 0.1) is 0 Å². The third-order valence-electron chi connectivity index (χ3n) is 4.08. The molecule has 0 aliphatic carbocycles. The Balaban J connectivity index is 2.49. The molecule has 12 heteroatoms. The molecule has 162 valence electrons. The van der Waals surface area contributed by atoms with Crippen LogP contribution in [-0.4, -0.2) is 34.3 Å². The average Bonchev–Trinajstić information content (AvgIpc) is 3.05. The zero-order valence-corrected chi connectivity index (χ0v) is 18.4. The van der Waals surface area contributed by atoms with Gasteiger partial charge in [0.1, 0.15) is 27.2 Å². The van der Waals surface area contributed by atoms with Crippen LogP contribution in [0, 0.1) is 17.2 Å². The van der Waals surface area contributed by atoms with Gasteiger partial charge in [-0.3, -0.25) is 4.79 Å².